The summed E-state index contributed by atoms with van der Waals surface area (Å²) in [5, 5.41) is 6.57. The van der Waals surface area contributed by atoms with Crippen LogP contribution in [0.15, 0.2) is 24.3 Å². The summed E-state index contributed by atoms with van der Waals surface area (Å²) in [5.74, 6) is 3.09. The largest absolute Gasteiger partial charge is 0.497 e. The van der Waals surface area contributed by atoms with Gasteiger partial charge in [0.05, 0.1) is 12.5 Å². The Hall–Kier alpha value is -1.26. The number of amides is 1. The Labute approximate surface area is 156 Å². The minimum atomic E-state index is -0.202. The van der Waals surface area contributed by atoms with Gasteiger partial charge in [-0.3, -0.25) is 4.79 Å². The Morgan fingerprint density at radius 3 is 2.80 bits per heavy atom. The highest BCUT2D eigenvalue weighted by atomic mass is 35.5. The molecule has 1 aromatic carbocycles. The van der Waals surface area contributed by atoms with Crippen molar-refractivity contribution < 1.29 is 9.53 Å². The summed E-state index contributed by atoms with van der Waals surface area (Å²) in [6.45, 7) is 2.90. The van der Waals surface area contributed by atoms with E-state index in [1.54, 1.807) is 7.11 Å². The lowest BCUT2D eigenvalue weighted by Gasteiger charge is -2.38. The first-order chi connectivity index (χ1) is 11.7. The van der Waals surface area contributed by atoms with Crippen LogP contribution in [0.2, 0.25) is 0 Å². The van der Waals surface area contributed by atoms with Crippen molar-refractivity contribution >= 4 is 18.3 Å². The highest BCUT2D eigenvalue weighted by molar-refractivity contribution is 5.85. The molecule has 2 bridgehead atoms. The topological polar surface area (TPSA) is 50.4 Å². The molecule has 4 rings (SSSR count). The molecule has 5 heteroatoms. The van der Waals surface area contributed by atoms with E-state index in [1.165, 1.54) is 24.8 Å². The second-order valence-electron chi connectivity index (χ2n) is 8.00. The van der Waals surface area contributed by atoms with Crippen LogP contribution in [0, 0.1) is 23.2 Å². The quantitative estimate of drug-likeness (QED) is 0.816. The molecule has 4 nitrogen and oxygen atoms in total. The van der Waals surface area contributed by atoms with Gasteiger partial charge >= 0.3 is 0 Å². The Kier molecular flexibility index (Phi) is 5.59. The first-order valence-corrected chi connectivity index (χ1v) is 9.31. The summed E-state index contributed by atoms with van der Waals surface area (Å²) in [6, 6.07) is 8.24. The number of ether oxygens (including phenoxy) is 1. The van der Waals surface area contributed by atoms with E-state index in [9.17, 15) is 4.79 Å². The highest BCUT2D eigenvalue weighted by Gasteiger charge is 2.55. The van der Waals surface area contributed by atoms with Crippen LogP contribution < -0.4 is 15.4 Å². The van der Waals surface area contributed by atoms with Gasteiger partial charge in [-0.25, -0.2) is 0 Å². The molecule has 1 saturated heterocycles. The lowest BCUT2D eigenvalue weighted by molar-refractivity contribution is -0.134. The van der Waals surface area contributed by atoms with Crippen molar-refractivity contribution in [3.63, 3.8) is 0 Å². The number of fused-ring (bicyclic) bond motifs is 2. The Morgan fingerprint density at radius 2 is 2.20 bits per heavy atom. The van der Waals surface area contributed by atoms with Gasteiger partial charge in [-0.05, 0) is 55.2 Å². The lowest BCUT2D eigenvalue weighted by Crippen LogP contribution is -2.52. The molecule has 0 radical (unpaired) electrons. The van der Waals surface area contributed by atoms with Crippen LogP contribution in [-0.4, -0.2) is 32.7 Å². The Morgan fingerprint density at radius 1 is 1.36 bits per heavy atom. The van der Waals surface area contributed by atoms with Crippen LogP contribution >= 0.6 is 12.4 Å². The van der Waals surface area contributed by atoms with Gasteiger partial charge in [0.15, 0.2) is 0 Å². The minimum Gasteiger partial charge on any atom is -0.497 e. The molecule has 2 aliphatic carbocycles. The minimum absolute atomic E-state index is 0. The molecule has 0 spiro atoms. The van der Waals surface area contributed by atoms with Gasteiger partial charge < -0.3 is 15.4 Å². The molecule has 3 unspecified atom stereocenters. The SMILES string of the molecule is COc1cccc(CC2(C(=O)NCC3CNC3)CC3CCC2C3)c1.Cl. The van der Waals surface area contributed by atoms with Crippen LogP contribution in [0.4, 0.5) is 0 Å². The van der Waals surface area contributed by atoms with Crippen LogP contribution in [0.5, 0.6) is 5.75 Å². The second-order valence-corrected chi connectivity index (χ2v) is 8.00. The molecule has 1 aliphatic heterocycles. The number of methoxy groups -OCH3 is 1. The van der Waals surface area contributed by atoms with Gasteiger partial charge in [0.1, 0.15) is 5.75 Å². The molecule has 3 atom stereocenters. The van der Waals surface area contributed by atoms with Gasteiger partial charge in [-0.2, -0.15) is 0 Å². The zero-order chi connectivity index (χ0) is 16.6. The number of nitrogens with one attached hydrogen (secondary N) is 2. The summed E-state index contributed by atoms with van der Waals surface area (Å²) >= 11 is 0. The van der Waals surface area contributed by atoms with Gasteiger partial charge in [0.2, 0.25) is 5.91 Å². The van der Waals surface area contributed by atoms with Gasteiger partial charge in [0.25, 0.3) is 0 Å². The van der Waals surface area contributed by atoms with Crippen LogP contribution in [0.25, 0.3) is 0 Å². The van der Waals surface area contributed by atoms with E-state index in [0.29, 0.717) is 17.7 Å². The maximum absolute atomic E-state index is 13.2. The summed E-state index contributed by atoms with van der Waals surface area (Å²) in [5.41, 5.74) is 1.02. The van der Waals surface area contributed by atoms with Crippen molar-refractivity contribution in [1.29, 1.82) is 0 Å². The number of carbonyl (C=O) groups is 1. The van der Waals surface area contributed by atoms with Gasteiger partial charge in [0, 0.05) is 25.6 Å². The van der Waals surface area contributed by atoms with E-state index in [-0.39, 0.29) is 17.8 Å². The van der Waals surface area contributed by atoms with Crippen LogP contribution in [-0.2, 0) is 11.2 Å². The zero-order valence-corrected chi connectivity index (χ0v) is 15.7. The predicted molar refractivity (Wildman–Crippen MR) is 101 cm³/mol. The third-order valence-electron chi connectivity index (χ3n) is 6.50. The average Bonchev–Trinajstić information content (AvgIpc) is 3.15. The predicted octanol–water partition coefficient (Wildman–Crippen LogP) is 2.80. The molecule has 1 heterocycles. The van der Waals surface area contributed by atoms with Crippen LogP contribution in [0.3, 0.4) is 0 Å². The fraction of sp³-hybridized carbons (Fsp3) is 0.650. The number of benzene rings is 1. The number of hydrogen-bond acceptors (Lipinski definition) is 3. The van der Waals surface area contributed by atoms with Crippen molar-refractivity contribution in [2.24, 2.45) is 23.2 Å². The maximum atomic E-state index is 13.2. The van der Waals surface area contributed by atoms with E-state index in [2.05, 4.69) is 22.8 Å². The molecule has 2 saturated carbocycles. The molecular formula is C20H29ClN2O2. The smallest absolute Gasteiger partial charge is 0.226 e. The number of hydrogen-bond donors (Lipinski definition) is 2. The Bertz CT molecular complexity index is 619. The van der Waals surface area contributed by atoms with E-state index in [1.807, 2.05) is 12.1 Å². The third-order valence-corrected chi connectivity index (χ3v) is 6.50. The van der Waals surface area contributed by atoms with Gasteiger partial charge in [-0.15, -0.1) is 12.4 Å². The lowest BCUT2D eigenvalue weighted by atomic mass is 9.68. The number of halogens is 1. The monoisotopic (exact) mass is 364 g/mol. The molecule has 3 fully saturated rings. The fourth-order valence-corrected chi connectivity index (χ4v) is 5.07. The average molecular weight is 365 g/mol. The standard InChI is InChI=1S/C20H28N2O2.ClH/c1-24-18-4-2-3-14(8-18)9-20(10-15-5-6-17(20)7-15)19(23)22-13-16-11-21-12-16;/h2-4,8,15-17,21H,5-7,9-13H2,1H3,(H,22,23);1H. The van der Waals surface area contributed by atoms with Crippen molar-refractivity contribution in [3.05, 3.63) is 29.8 Å². The van der Waals surface area contributed by atoms with E-state index in [0.717, 1.165) is 44.1 Å². The van der Waals surface area contributed by atoms with Gasteiger partial charge in [-0.1, -0.05) is 18.6 Å². The zero-order valence-electron chi connectivity index (χ0n) is 14.9. The molecule has 0 aromatic heterocycles. The maximum Gasteiger partial charge on any atom is 0.226 e. The van der Waals surface area contributed by atoms with Crippen molar-refractivity contribution in [3.8, 4) is 5.75 Å². The number of rotatable bonds is 6. The van der Waals surface area contributed by atoms with Crippen molar-refractivity contribution in [1.82, 2.24) is 10.6 Å². The van der Waals surface area contributed by atoms with Crippen LogP contribution in [0.1, 0.15) is 31.2 Å². The summed E-state index contributed by atoms with van der Waals surface area (Å²) in [4.78, 5) is 13.2. The molecule has 138 valence electrons. The second kappa shape index (κ2) is 7.55. The molecule has 3 aliphatic rings. The summed E-state index contributed by atoms with van der Waals surface area (Å²) in [6.07, 6.45) is 5.67. The fourth-order valence-electron chi connectivity index (χ4n) is 5.07. The first kappa shape index (κ1) is 18.5. The molecule has 1 amide bonds. The first-order valence-electron chi connectivity index (χ1n) is 9.31. The summed E-state index contributed by atoms with van der Waals surface area (Å²) < 4.78 is 5.37. The molecule has 25 heavy (non-hydrogen) atoms. The third kappa shape index (κ3) is 3.52. The molecule has 2 N–H and O–H groups in total. The normalized spacial score (nSPS) is 30.4. The molecular weight excluding hydrogens is 336 g/mol. The van der Waals surface area contributed by atoms with E-state index >= 15 is 0 Å². The van der Waals surface area contributed by atoms with E-state index < -0.39 is 0 Å². The summed E-state index contributed by atoms with van der Waals surface area (Å²) in [7, 11) is 1.70. The highest BCUT2D eigenvalue weighted by Crippen LogP contribution is 2.57. The molecule has 1 aromatic rings. The number of carbonyl (C=O) groups excluding carboxylic acids is 1. The van der Waals surface area contributed by atoms with Crippen molar-refractivity contribution in [2.75, 3.05) is 26.7 Å². The van der Waals surface area contributed by atoms with E-state index in [4.69, 9.17) is 4.74 Å². The van der Waals surface area contributed by atoms with Crippen molar-refractivity contribution in [2.45, 2.75) is 32.1 Å². The Balaban J connectivity index is 0.00000182.